The molecule has 1 N–H and O–H groups in total. The van der Waals surface area contributed by atoms with Crippen molar-refractivity contribution in [2.75, 3.05) is 37.8 Å². The highest BCUT2D eigenvalue weighted by atomic mass is 32.2. The quantitative estimate of drug-likeness (QED) is 0.847. The molecule has 1 aromatic heterocycles. The summed E-state index contributed by atoms with van der Waals surface area (Å²) in [5, 5.41) is 12.8. The lowest BCUT2D eigenvalue weighted by Crippen LogP contribution is -2.33. The number of aliphatic hydroxyl groups is 1. The Bertz CT molecular complexity index is 837. The van der Waals surface area contributed by atoms with Crippen molar-refractivity contribution in [3.8, 4) is 11.3 Å². The summed E-state index contributed by atoms with van der Waals surface area (Å²) in [7, 11) is -0.387. The number of rotatable bonds is 5. The third kappa shape index (κ3) is 4.00. The van der Waals surface area contributed by atoms with Gasteiger partial charge in [-0.05, 0) is 24.3 Å². The van der Waals surface area contributed by atoms with E-state index in [1.54, 1.807) is 12.1 Å². The second-order valence-corrected chi connectivity index (χ2v) is 9.38. The Kier molecular flexibility index (Phi) is 5.10. The van der Waals surface area contributed by atoms with Crippen LogP contribution in [0.15, 0.2) is 29.6 Å². The molecule has 3 rings (SSSR count). The first kappa shape index (κ1) is 18.2. The number of aromatic nitrogens is 1. The fourth-order valence-corrected chi connectivity index (χ4v) is 4.78. The van der Waals surface area contributed by atoms with E-state index >= 15 is 0 Å². The third-order valence-electron chi connectivity index (χ3n) is 4.29. The van der Waals surface area contributed by atoms with Crippen LogP contribution in [0, 0.1) is 11.7 Å². The predicted octanol–water partition coefficient (Wildman–Crippen LogP) is 1.64. The number of halogens is 1. The molecule has 0 bridgehead atoms. The molecule has 0 amide bonds. The molecule has 136 valence electrons. The van der Waals surface area contributed by atoms with Gasteiger partial charge in [-0.1, -0.05) is 0 Å². The van der Waals surface area contributed by atoms with Gasteiger partial charge in [0.25, 0.3) is 0 Å². The highest BCUT2D eigenvalue weighted by Gasteiger charge is 2.36. The van der Waals surface area contributed by atoms with E-state index in [0.29, 0.717) is 13.1 Å². The molecule has 1 aromatic carbocycles. The highest BCUT2D eigenvalue weighted by Crippen LogP contribution is 2.31. The molecular formula is C16H20FN3O3S2. The highest BCUT2D eigenvalue weighted by molar-refractivity contribution is 7.89. The Morgan fingerprint density at radius 1 is 1.32 bits per heavy atom. The largest absolute Gasteiger partial charge is 0.391 e. The molecule has 2 aromatic rings. The first-order valence-electron chi connectivity index (χ1n) is 7.81. The molecule has 2 heterocycles. The van der Waals surface area contributed by atoms with E-state index in [2.05, 4.69) is 4.98 Å². The summed E-state index contributed by atoms with van der Waals surface area (Å²) < 4.78 is 38.3. The number of sulfonamides is 1. The molecule has 0 aliphatic carbocycles. The summed E-state index contributed by atoms with van der Waals surface area (Å²) in [5.74, 6) is -0.745. The van der Waals surface area contributed by atoms with E-state index in [9.17, 15) is 17.9 Å². The van der Waals surface area contributed by atoms with Crippen LogP contribution in [-0.4, -0.2) is 61.9 Å². The molecule has 1 aliphatic rings. The van der Waals surface area contributed by atoms with Gasteiger partial charge in [0.15, 0.2) is 5.13 Å². The Morgan fingerprint density at radius 3 is 2.64 bits per heavy atom. The fraction of sp³-hybridized carbons (Fsp3) is 0.438. The lowest BCUT2D eigenvalue weighted by atomic mass is 10.1. The lowest BCUT2D eigenvalue weighted by molar-refractivity contribution is 0.157. The summed E-state index contributed by atoms with van der Waals surface area (Å²) >= 11 is 1.42. The Balaban J connectivity index is 1.73. The fourth-order valence-electron chi connectivity index (χ4n) is 2.76. The van der Waals surface area contributed by atoms with Crippen LogP contribution in [0.2, 0.25) is 0 Å². The number of anilines is 1. The number of thiazole rings is 1. The second kappa shape index (κ2) is 6.99. The molecule has 1 fully saturated rings. The normalized spacial score (nSPS) is 21.2. The van der Waals surface area contributed by atoms with Gasteiger partial charge in [0.2, 0.25) is 10.0 Å². The number of hydrogen-bond acceptors (Lipinski definition) is 6. The average molecular weight is 385 g/mol. The molecular weight excluding hydrogens is 365 g/mol. The number of hydrogen-bond donors (Lipinski definition) is 1. The van der Waals surface area contributed by atoms with Crippen LogP contribution >= 0.6 is 11.3 Å². The van der Waals surface area contributed by atoms with Crippen LogP contribution in [0.1, 0.15) is 0 Å². The molecule has 2 atom stereocenters. The van der Waals surface area contributed by atoms with E-state index in [1.165, 1.54) is 41.9 Å². The van der Waals surface area contributed by atoms with Crippen molar-refractivity contribution in [2.24, 2.45) is 5.92 Å². The Labute approximate surface area is 150 Å². The van der Waals surface area contributed by atoms with Crippen LogP contribution in [0.3, 0.4) is 0 Å². The predicted molar refractivity (Wildman–Crippen MR) is 96.7 cm³/mol. The number of benzene rings is 1. The molecule has 0 unspecified atom stereocenters. The van der Waals surface area contributed by atoms with Crippen LogP contribution in [-0.2, 0) is 10.0 Å². The lowest BCUT2D eigenvalue weighted by Gasteiger charge is -2.17. The van der Waals surface area contributed by atoms with Crippen LogP contribution in [0.25, 0.3) is 11.3 Å². The summed E-state index contributed by atoms with van der Waals surface area (Å²) in [6.45, 7) is 0.786. The van der Waals surface area contributed by atoms with Gasteiger partial charge in [-0.3, -0.25) is 0 Å². The van der Waals surface area contributed by atoms with Crippen LogP contribution in [0.5, 0.6) is 0 Å². The average Bonchev–Trinajstić information content (AvgIpc) is 3.15. The molecule has 0 spiro atoms. The van der Waals surface area contributed by atoms with Crippen molar-refractivity contribution in [1.82, 2.24) is 9.29 Å². The Morgan fingerprint density at radius 2 is 2.00 bits per heavy atom. The van der Waals surface area contributed by atoms with E-state index < -0.39 is 16.1 Å². The van der Waals surface area contributed by atoms with Gasteiger partial charge >= 0.3 is 0 Å². The zero-order chi connectivity index (χ0) is 18.2. The van der Waals surface area contributed by atoms with Crippen LogP contribution in [0.4, 0.5) is 9.52 Å². The van der Waals surface area contributed by atoms with Gasteiger partial charge in [-0.15, -0.1) is 11.3 Å². The maximum absolute atomic E-state index is 13.0. The van der Waals surface area contributed by atoms with Crippen LogP contribution < -0.4 is 4.90 Å². The maximum Gasteiger partial charge on any atom is 0.214 e. The first-order chi connectivity index (χ1) is 11.8. The van der Waals surface area contributed by atoms with Gasteiger partial charge in [-0.2, -0.15) is 0 Å². The summed E-state index contributed by atoms with van der Waals surface area (Å²) in [6.07, 6.45) is -0.715. The minimum Gasteiger partial charge on any atom is -0.391 e. The molecule has 9 heteroatoms. The molecule has 1 aliphatic heterocycles. The topological polar surface area (TPSA) is 73.7 Å². The zero-order valence-electron chi connectivity index (χ0n) is 14.0. The minimum absolute atomic E-state index is 0.0894. The molecule has 1 saturated heterocycles. The van der Waals surface area contributed by atoms with Gasteiger partial charge in [0.05, 0.1) is 17.6 Å². The summed E-state index contributed by atoms with van der Waals surface area (Å²) in [5.41, 5.74) is 1.55. The molecule has 0 saturated carbocycles. The van der Waals surface area contributed by atoms with Gasteiger partial charge < -0.3 is 10.0 Å². The maximum atomic E-state index is 13.0. The van der Waals surface area contributed by atoms with Crippen molar-refractivity contribution in [1.29, 1.82) is 0 Å². The van der Waals surface area contributed by atoms with Crippen molar-refractivity contribution < 1.29 is 17.9 Å². The van der Waals surface area contributed by atoms with Crippen molar-refractivity contribution in [3.05, 3.63) is 35.5 Å². The van der Waals surface area contributed by atoms with Crippen molar-refractivity contribution in [3.63, 3.8) is 0 Å². The summed E-state index contributed by atoms with van der Waals surface area (Å²) in [6, 6.07) is 6.10. The standard InChI is InChI=1S/C16H20FN3O3S2/c1-19(2)25(22,23)10-12-7-20(8-15(12)21)16-18-14(9-24-16)11-3-5-13(17)6-4-11/h3-6,9,12,15,21H,7-8,10H2,1-2H3/t12-,15+/m0/s1. The van der Waals surface area contributed by atoms with E-state index in [-0.39, 0.29) is 17.5 Å². The molecule has 0 radical (unpaired) electrons. The van der Waals surface area contributed by atoms with Crippen molar-refractivity contribution in [2.45, 2.75) is 6.10 Å². The van der Waals surface area contributed by atoms with Crippen molar-refractivity contribution >= 4 is 26.5 Å². The number of β-amino-alcohol motifs (C(OH)–C–C–N with tert-alkyl or cyclic N) is 1. The van der Waals surface area contributed by atoms with E-state index in [4.69, 9.17) is 0 Å². The van der Waals surface area contributed by atoms with E-state index in [0.717, 1.165) is 16.4 Å². The third-order valence-corrected chi connectivity index (χ3v) is 7.15. The SMILES string of the molecule is CN(C)S(=O)(=O)C[C@@H]1CN(c2nc(-c3ccc(F)cc3)cs2)C[C@H]1O. The van der Waals surface area contributed by atoms with E-state index in [1.807, 2.05) is 10.3 Å². The zero-order valence-corrected chi connectivity index (χ0v) is 15.6. The minimum atomic E-state index is -3.37. The molecule has 25 heavy (non-hydrogen) atoms. The van der Waals surface area contributed by atoms with Gasteiger partial charge in [0, 0.05) is 44.0 Å². The smallest absolute Gasteiger partial charge is 0.214 e. The number of aliphatic hydroxyl groups excluding tert-OH is 1. The molecule has 6 nitrogen and oxygen atoms in total. The van der Waals surface area contributed by atoms with Gasteiger partial charge in [0.1, 0.15) is 5.82 Å². The van der Waals surface area contributed by atoms with Gasteiger partial charge in [-0.25, -0.2) is 22.1 Å². The second-order valence-electron chi connectivity index (χ2n) is 6.32. The summed E-state index contributed by atoms with van der Waals surface area (Å²) in [4.78, 5) is 6.44. The Hall–Kier alpha value is -1.55. The first-order valence-corrected chi connectivity index (χ1v) is 10.3. The monoisotopic (exact) mass is 385 g/mol. The number of nitrogens with zero attached hydrogens (tertiary/aromatic N) is 3.